The average Bonchev–Trinajstić information content (AvgIpc) is 2.60. The largest absolute Gasteiger partial charge is 0.494 e. The molecule has 142 valence electrons. The molecule has 9 heteroatoms. The Morgan fingerprint density at radius 3 is 2.70 bits per heavy atom. The third kappa shape index (κ3) is 4.25. The quantitative estimate of drug-likeness (QED) is 0.808. The van der Waals surface area contributed by atoms with E-state index < -0.39 is 21.7 Å². The molecule has 2 aromatic carbocycles. The van der Waals surface area contributed by atoms with Gasteiger partial charge in [-0.05, 0) is 47.9 Å². The normalized spacial score (nSPS) is 13.5. The third-order valence-corrected chi connectivity index (χ3v) is 5.48. The van der Waals surface area contributed by atoms with E-state index in [2.05, 4.69) is 5.32 Å². The summed E-state index contributed by atoms with van der Waals surface area (Å²) in [7, 11) is -2.76. The van der Waals surface area contributed by atoms with Crippen molar-refractivity contribution in [1.29, 1.82) is 0 Å². The summed E-state index contributed by atoms with van der Waals surface area (Å²) in [5.41, 5.74) is 1.56. The van der Waals surface area contributed by atoms with E-state index in [1.807, 2.05) is 4.72 Å². The molecule has 2 N–H and O–H groups in total. The van der Waals surface area contributed by atoms with Crippen LogP contribution in [0.1, 0.15) is 17.5 Å². The van der Waals surface area contributed by atoms with Gasteiger partial charge in [0.2, 0.25) is 11.8 Å². The molecule has 0 bridgehead atoms. The van der Waals surface area contributed by atoms with Gasteiger partial charge in [0.05, 0.1) is 18.4 Å². The molecular weight excluding hydrogens is 375 g/mol. The zero-order chi connectivity index (χ0) is 19.6. The summed E-state index contributed by atoms with van der Waals surface area (Å²) in [6, 6.07) is 8.20. The second kappa shape index (κ2) is 7.36. The first-order chi connectivity index (χ1) is 12.8. The summed E-state index contributed by atoms with van der Waals surface area (Å²) >= 11 is 0. The fourth-order valence-corrected chi connectivity index (χ4v) is 3.81. The lowest BCUT2D eigenvalue weighted by Gasteiger charge is -2.17. The molecule has 0 unspecified atom stereocenters. The molecule has 0 fully saturated rings. The second-order valence-corrected chi connectivity index (χ2v) is 7.72. The summed E-state index contributed by atoms with van der Waals surface area (Å²) in [5, 5.41) is 2.66. The van der Waals surface area contributed by atoms with Crippen LogP contribution >= 0.6 is 0 Å². The lowest BCUT2D eigenvalue weighted by Crippen LogP contribution is -2.32. The predicted octanol–water partition coefficient (Wildman–Crippen LogP) is 1.77. The minimum Gasteiger partial charge on any atom is -0.494 e. The summed E-state index contributed by atoms with van der Waals surface area (Å²) in [6.07, 6.45) is 0.386. The number of benzene rings is 2. The highest BCUT2D eigenvalue weighted by molar-refractivity contribution is 7.90. The standard InChI is InChI=1S/C18H17FN2O5S/c1-26-16-6-2-11(8-14(16)19)9-18(23)21-27(24,25)13-4-5-15-12(10-13)3-7-17(22)20-15/h2,4-6,8,10H,3,7,9H2,1H3,(H,20,22)(H,21,23). The summed E-state index contributed by atoms with van der Waals surface area (Å²) in [5.74, 6) is -1.51. The molecule has 1 heterocycles. The monoisotopic (exact) mass is 392 g/mol. The van der Waals surface area contributed by atoms with Crippen LogP contribution in [0.15, 0.2) is 41.3 Å². The number of nitrogens with one attached hydrogen (secondary N) is 2. The SMILES string of the molecule is COc1ccc(CC(=O)NS(=O)(=O)c2ccc3c(c2)CCC(=O)N3)cc1F. The first-order valence-corrected chi connectivity index (χ1v) is 9.57. The van der Waals surface area contributed by atoms with E-state index in [0.29, 0.717) is 23.2 Å². The van der Waals surface area contributed by atoms with Gasteiger partial charge in [-0.15, -0.1) is 0 Å². The van der Waals surface area contributed by atoms with Crippen LogP contribution < -0.4 is 14.8 Å². The van der Waals surface area contributed by atoms with Crippen molar-refractivity contribution in [1.82, 2.24) is 4.72 Å². The highest BCUT2D eigenvalue weighted by atomic mass is 32.2. The number of aryl methyl sites for hydroxylation is 1. The van der Waals surface area contributed by atoms with Crippen molar-refractivity contribution in [2.45, 2.75) is 24.2 Å². The third-order valence-electron chi connectivity index (χ3n) is 4.11. The Morgan fingerprint density at radius 1 is 1.22 bits per heavy atom. The Labute approximate surface area is 155 Å². The number of amides is 2. The van der Waals surface area contributed by atoms with Gasteiger partial charge in [0.25, 0.3) is 10.0 Å². The first-order valence-electron chi connectivity index (χ1n) is 8.09. The molecule has 7 nitrogen and oxygen atoms in total. The van der Waals surface area contributed by atoms with E-state index in [0.717, 1.165) is 6.07 Å². The van der Waals surface area contributed by atoms with Crippen molar-refractivity contribution in [2.75, 3.05) is 12.4 Å². The van der Waals surface area contributed by atoms with Gasteiger partial charge in [-0.1, -0.05) is 6.07 Å². The lowest BCUT2D eigenvalue weighted by molar-refractivity contribution is -0.119. The molecule has 0 atom stereocenters. The molecule has 27 heavy (non-hydrogen) atoms. The van der Waals surface area contributed by atoms with Crippen molar-refractivity contribution in [2.24, 2.45) is 0 Å². The second-order valence-electron chi connectivity index (χ2n) is 6.04. The molecule has 2 amide bonds. The summed E-state index contributed by atoms with van der Waals surface area (Å²) < 4.78 is 45.3. The van der Waals surface area contributed by atoms with Crippen LogP contribution in [0, 0.1) is 5.82 Å². The van der Waals surface area contributed by atoms with Gasteiger partial charge in [-0.2, -0.15) is 0 Å². The lowest BCUT2D eigenvalue weighted by atomic mass is 10.0. The predicted molar refractivity (Wildman–Crippen MR) is 95.4 cm³/mol. The van der Waals surface area contributed by atoms with E-state index in [9.17, 15) is 22.4 Å². The van der Waals surface area contributed by atoms with E-state index in [-0.39, 0.29) is 29.4 Å². The highest BCUT2D eigenvalue weighted by Crippen LogP contribution is 2.25. The maximum Gasteiger partial charge on any atom is 0.264 e. The van der Waals surface area contributed by atoms with Gasteiger partial charge >= 0.3 is 0 Å². The van der Waals surface area contributed by atoms with Gasteiger partial charge in [-0.3, -0.25) is 9.59 Å². The van der Waals surface area contributed by atoms with Crippen molar-refractivity contribution in [3.05, 3.63) is 53.3 Å². The number of hydrogen-bond acceptors (Lipinski definition) is 5. The van der Waals surface area contributed by atoms with E-state index >= 15 is 0 Å². The maximum atomic E-state index is 13.7. The highest BCUT2D eigenvalue weighted by Gasteiger charge is 2.22. The molecule has 0 saturated carbocycles. The maximum absolute atomic E-state index is 13.7. The molecule has 0 spiro atoms. The molecule has 0 saturated heterocycles. The van der Waals surface area contributed by atoms with E-state index in [1.165, 1.54) is 37.4 Å². The molecule has 0 aliphatic carbocycles. The van der Waals surface area contributed by atoms with Crippen LogP contribution in [0.5, 0.6) is 5.75 Å². The fraction of sp³-hybridized carbons (Fsp3) is 0.222. The molecular formula is C18H17FN2O5S. The number of carbonyl (C=O) groups excluding carboxylic acids is 2. The molecule has 3 rings (SSSR count). The van der Waals surface area contributed by atoms with Crippen LogP contribution in [0.3, 0.4) is 0 Å². The van der Waals surface area contributed by atoms with Crippen LogP contribution in [0.2, 0.25) is 0 Å². The van der Waals surface area contributed by atoms with Crippen LogP contribution in [0.4, 0.5) is 10.1 Å². The molecule has 0 aromatic heterocycles. The first kappa shape index (κ1) is 18.8. The molecule has 1 aliphatic rings. The van der Waals surface area contributed by atoms with Crippen LogP contribution in [0.25, 0.3) is 0 Å². The number of methoxy groups -OCH3 is 1. The smallest absolute Gasteiger partial charge is 0.264 e. The Hall–Kier alpha value is -2.94. The van der Waals surface area contributed by atoms with Gasteiger partial charge in [-0.25, -0.2) is 17.5 Å². The van der Waals surface area contributed by atoms with Gasteiger partial charge in [0, 0.05) is 12.1 Å². The van der Waals surface area contributed by atoms with Crippen LogP contribution in [-0.4, -0.2) is 27.3 Å². The molecule has 2 aromatic rings. The van der Waals surface area contributed by atoms with Crippen molar-refractivity contribution in [3.63, 3.8) is 0 Å². The van der Waals surface area contributed by atoms with Gasteiger partial charge in [0.15, 0.2) is 11.6 Å². The molecule has 0 radical (unpaired) electrons. The topological polar surface area (TPSA) is 102 Å². The number of hydrogen-bond donors (Lipinski definition) is 2. The molecule has 1 aliphatic heterocycles. The number of ether oxygens (including phenoxy) is 1. The minimum absolute atomic E-state index is 0.0351. The van der Waals surface area contributed by atoms with E-state index in [4.69, 9.17) is 4.74 Å². The van der Waals surface area contributed by atoms with Crippen molar-refractivity contribution < 1.29 is 27.1 Å². The zero-order valence-electron chi connectivity index (χ0n) is 14.4. The average molecular weight is 392 g/mol. The number of fused-ring (bicyclic) bond motifs is 1. The number of carbonyl (C=O) groups is 2. The number of rotatable bonds is 5. The van der Waals surface area contributed by atoms with Gasteiger partial charge < -0.3 is 10.1 Å². The Bertz CT molecular complexity index is 1020. The summed E-state index contributed by atoms with van der Waals surface area (Å²) in [4.78, 5) is 23.4. The van der Waals surface area contributed by atoms with Crippen molar-refractivity contribution >= 4 is 27.5 Å². The Morgan fingerprint density at radius 2 is 2.00 bits per heavy atom. The number of halogens is 1. The minimum atomic E-state index is -4.08. The zero-order valence-corrected chi connectivity index (χ0v) is 15.2. The number of anilines is 1. The Balaban J connectivity index is 1.73. The Kier molecular flexibility index (Phi) is 5.13. The van der Waals surface area contributed by atoms with Gasteiger partial charge in [0.1, 0.15) is 0 Å². The summed E-state index contributed by atoms with van der Waals surface area (Å²) in [6.45, 7) is 0. The van der Waals surface area contributed by atoms with Crippen LogP contribution in [-0.2, 0) is 32.5 Å². The van der Waals surface area contributed by atoms with E-state index in [1.54, 1.807) is 0 Å². The van der Waals surface area contributed by atoms with Crippen molar-refractivity contribution in [3.8, 4) is 5.75 Å². The fourth-order valence-electron chi connectivity index (χ4n) is 2.78. The number of sulfonamides is 1.